The first-order chi connectivity index (χ1) is 4.48. The maximum atomic E-state index is 10.8. The van der Waals surface area contributed by atoms with Crippen LogP contribution in [0.4, 0.5) is 0 Å². The Morgan fingerprint density at radius 2 is 2.09 bits per heavy atom. The second kappa shape index (κ2) is 5.98. The molecule has 2 N–H and O–H groups in total. The van der Waals surface area contributed by atoms with Crippen LogP contribution >= 0.6 is 20.2 Å². The maximum absolute atomic E-state index is 10.8. The van der Waals surface area contributed by atoms with Gasteiger partial charge in [0.2, 0.25) is 0 Å². The SMILES string of the molecule is CCOP(=O)(O)NC(C)C.Cl. The van der Waals surface area contributed by atoms with Gasteiger partial charge in [0, 0.05) is 6.04 Å². The summed E-state index contributed by atoms with van der Waals surface area (Å²) in [4.78, 5) is 8.91. The zero-order chi connectivity index (χ0) is 8.20. The number of nitrogens with one attached hydrogen (secondary N) is 1. The molecule has 0 saturated carbocycles. The molecule has 6 heteroatoms. The molecule has 0 aromatic heterocycles. The van der Waals surface area contributed by atoms with Gasteiger partial charge in [-0.05, 0) is 20.8 Å². The standard InChI is InChI=1S/C5H14NO3P.ClH/c1-4-9-10(7,8)6-5(2)3;/h5H,4H2,1-3H3,(H2,6,7,8);1H. The fourth-order valence-electron chi connectivity index (χ4n) is 0.539. The van der Waals surface area contributed by atoms with Crippen LogP contribution in [0.3, 0.4) is 0 Å². The minimum Gasteiger partial charge on any atom is -0.312 e. The normalized spacial score (nSPS) is 15.7. The van der Waals surface area contributed by atoms with Crippen LogP contribution in [0.5, 0.6) is 0 Å². The monoisotopic (exact) mass is 203 g/mol. The van der Waals surface area contributed by atoms with Crippen molar-refractivity contribution in [3.8, 4) is 0 Å². The zero-order valence-corrected chi connectivity index (χ0v) is 8.61. The van der Waals surface area contributed by atoms with E-state index in [1.54, 1.807) is 20.8 Å². The van der Waals surface area contributed by atoms with Crippen LogP contribution in [0.25, 0.3) is 0 Å². The van der Waals surface area contributed by atoms with Crippen molar-refractivity contribution in [2.24, 2.45) is 0 Å². The third kappa shape index (κ3) is 8.30. The molecule has 0 saturated heterocycles. The van der Waals surface area contributed by atoms with Gasteiger partial charge in [-0.3, -0.25) is 4.52 Å². The van der Waals surface area contributed by atoms with Crippen LogP contribution in [0.1, 0.15) is 20.8 Å². The zero-order valence-electron chi connectivity index (χ0n) is 6.90. The van der Waals surface area contributed by atoms with Gasteiger partial charge in [-0.2, -0.15) is 0 Å². The van der Waals surface area contributed by atoms with E-state index in [4.69, 9.17) is 4.89 Å². The van der Waals surface area contributed by atoms with Crippen molar-refractivity contribution < 1.29 is 14.0 Å². The topological polar surface area (TPSA) is 58.6 Å². The summed E-state index contributed by atoms with van der Waals surface area (Å²) in [7, 11) is -3.50. The van der Waals surface area contributed by atoms with Crippen LogP contribution in [-0.4, -0.2) is 17.5 Å². The van der Waals surface area contributed by atoms with E-state index < -0.39 is 7.75 Å². The lowest BCUT2D eigenvalue weighted by atomic mass is 10.4. The van der Waals surface area contributed by atoms with E-state index in [1.807, 2.05) is 0 Å². The molecule has 0 amide bonds. The highest BCUT2D eigenvalue weighted by Gasteiger charge is 2.18. The molecular weight excluding hydrogens is 188 g/mol. The second-order valence-electron chi connectivity index (χ2n) is 2.22. The minimum atomic E-state index is -3.50. The van der Waals surface area contributed by atoms with Gasteiger partial charge in [0.15, 0.2) is 0 Å². The minimum absolute atomic E-state index is 0. The fraction of sp³-hybridized carbons (Fsp3) is 1.00. The molecule has 0 aromatic rings. The summed E-state index contributed by atoms with van der Waals surface area (Å²) in [5.41, 5.74) is 0. The van der Waals surface area contributed by atoms with Gasteiger partial charge in [-0.15, -0.1) is 12.4 Å². The fourth-order valence-corrected chi connectivity index (χ4v) is 1.62. The Hall–Kier alpha value is 0.400. The average molecular weight is 204 g/mol. The Kier molecular flexibility index (Phi) is 7.58. The molecule has 0 rings (SSSR count). The van der Waals surface area contributed by atoms with Crippen molar-refractivity contribution in [3.05, 3.63) is 0 Å². The van der Waals surface area contributed by atoms with E-state index in [-0.39, 0.29) is 25.1 Å². The van der Waals surface area contributed by atoms with Crippen LogP contribution < -0.4 is 5.09 Å². The van der Waals surface area contributed by atoms with Crippen LogP contribution in [0, 0.1) is 0 Å². The van der Waals surface area contributed by atoms with Crippen molar-refractivity contribution in [1.29, 1.82) is 0 Å². The van der Waals surface area contributed by atoms with Gasteiger partial charge in [0.05, 0.1) is 6.61 Å². The quantitative estimate of drug-likeness (QED) is 0.681. The van der Waals surface area contributed by atoms with Crippen molar-refractivity contribution in [2.45, 2.75) is 26.8 Å². The van der Waals surface area contributed by atoms with Gasteiger partial charge >= 0.3 is 7.75 Å². The highest BCUT2D eigenvalue weighted by atomic mass is 35.5. The smallest absolute Gasteiger partial charge is 0.312 e. The predicted molar refractivity (Wildman–Crippen MR) is 47.0 cm³/mol. The molecule has 70 valence electrons. The largest absolute Gasteiger partial charge is 0.403 e. The number of rotatable bonds is 4. The summed E-state index contributed by atoms with van der Waals surface area (Å²) >= 11 is 0. The Bertz CT molecular complexity index is 142. The van der Waals surface area contributed by atoms with E-state index in [9.17, 15) is 4.57 Å². The Morgan fingerprint density at radius 3 is 2.36 bits per heavy atom. The van der Waals surface area contributed by atoms with Crippen molar-refractivity contribution in [1.82, 2.24) is 5.09 Å². The summed E-state index contributed by atoms with van der Waals surface area (Å²) in [5, 5.41) is 2.41. The summed E-state index contributed by atoms with van der Waals surface area (Å²) in [6, 6.07) is -0.0395. The number of halogens is 1. The van der Waals surface area contributed by atoms with Crippen molar-refractivity contribution in [2.75, 3.05) is 6.61 Å². The molecule has 0 aliphatic heterocycles. The maximum Gasteiger partial charge on any atom is 0.403 e. The van der Waals surface area contributed by atoms with Crippen LogP contribution in [0.2, 0.25) is 0 Å². The molecule has 1 atom stereocenters. The summed E-state index contributed by atoms with van der Waals surface area (Å²) in [6.07, 6.45) is 0. The molecular formula is C5H15ClNO3P. The van der Waals surface area contributed by atoms with Crippen LogP contribution in [0.15, 0.2) is 0 Å². The number of hydrogen-bond acceptors (Lipinski definition) is 2. The van der Waals surface area contributed by atoms with E-state index in [2.05, 4.69) is 9.61 Å². The van der Waals surface area contributed by atoms with E-state index >= 15 is 0 Å². The summed E-state index contributed by atoms with van der Waals surface area (Å²) in [5.74, 6) is 0. The lowest BCUT2D eigenvalue weighted by molar-refractivity contribution is 0.260. The molecule has 0 spiro atoms. The van der Waals surface area contributed by atoms with E-state index in [0.29, 0.717) is 0 Å². The first kappa shape index (κ1) is 14.0. The molecule has 0 fully saturated rings. The first-order valence-corrected chi connectivity index (χ1v) is 4.81. The third-order valence-electron chi connectivity index (χ3n) is 0.725. The van der Waals surface area contributed by atoms with Gasteiger partial charge < -0.3 is 4.89 Å². The Labute approximate surface area is 73.3 Å². The average Bonchev–Trinajstić information content (AvgIpc) is 1.59. The summed E-state index contributed by atoms with van der Waals surface area (Å²) in [6.45, 7) is 5.47. The highest BCUT2D eigenvalue weighted by Crippen LogP contribution is 2.36. The highest BCUT2D eigenvalue weighted by molar-refractivity contribution is 7.50. The molecule has 0 heterocycles. The molecule has 0 aromatic carbocycles. The molecule has 0 bridgehead atoms. The van der Waals surface area contributed by atoms with Crippen molar-refractivity contribution in [3.63, 3.8) is 0 Å². The van der Waals surface area contributed by atoms with Crippen molar-refractivity contribution >= 4 is 20.2 Å². The lowest BCUT2D eigenvalue weighted by Gasteiger charge is -2.13. The third-order valence-corrected chi connectivity index (χ3v) is 2.18. The molecule has 0 radical (unpaired) electrons. The van der Waals surface area contributed by atoms with Crippen LogP contribution in [-0.2, 0) is 9.09 Å². The Balaban J connectivity index is 0. The van der Waals surface area contributed by atoms with E-state index in [1.165, 1.54) is 0 Å². The molecule has 11 heavy (non-hydrogen) atoms. The lowest BCUT2D eigenvalue weighted by Crippen LogP contribution is -2.20. The van der Waals surface area contributed by atoms with Gasteiger partial charge in [-0.25, -0.2) is 9.65 Å². The molecule has 0 aliphatic carbocycles. The molecule has 1 unspecified atom stereocenters. The Morgan fingerprint density at radius 1 is 1.64 bits per heavy atom. The van der Waals surface area contributed by atoms with Gasteiger partial charge in [0.25, 0.3) is 0 Å². The molecule has 0 aliphatic rings. The van der Waals surface area contributed by atoms with Gasteiger partial charge in [-0.1, -0.05) is 0 Å². The summed E-state index contributed by atoms with van der Waals surface area (Å²) < 4.78 is 15.4. The van der Waals surface area contributed by atoms with Gasteiger partial charge in [0.1, 0.15) is 0 Å². The number of hydrogen-bond donors (Lipinski definition) is 2. The van der Waals surface area contributed by atoms with E-state index in [0.717, 1.165) is 0 Å². The predicted octanol–water partition coefficient (Wildman–Crippen LogP) is 1.54. The molecule has 4 nitrogen and oxygen atoms in total. The second-order valence-corrected chi connectivity index (χ2v) is 3.78. The first-order valence-electron chi connectivity index (χ1n) is 3.23.